The number of ether oxygens (including phenoxy) is 3. The lowest BCUT2D eigenvalue weighted by molar-refractivity contribution is 0.297. The van der Waals surface area contributed by atoms with Crippen molar-refractivity contribution in [1.29, 1.82) is 0 Å². The SMILES string of the molecule is C#CCOc1c(I)cc(CNc2ccc(OCC)cc2)cc1OCC. The van der Waals surface area contributed by atoms with E-state index in [9.17, 15) is 0 Å². The van der Waals surface area contributed by atoms with Crippen molar-refractivity contribution in [2.24, 2.45) is 0 Å². The lowest BCUT2D eigenvalue weighted by Crippen LogP contribution is -2.05. The molecule has 2 aromatic rings. The maximum atomic E-state index is 5.71. The number of halogens is 1. The van der Waals surface area contributed by atoms with E-state index in [4.69, 9.17) is 20.6 Å². The van der Waals surface area contributed by atoms with Crippen LogP contribution in [-0.2, 0) is 6.54 Å². The fourth-order valence-corrected chi connectivity index (χ4v) is 3.10. The van der Waals surface area contributed by atoms with Crippen LogP contribution in [-0.4, -0.2) is 19.8 Å². The predicted octanol–water partition coefficient (Wildman–Crippen LogP) is 4.71. The number of nitrogens with one attached hydrogen (secondary N) is 1. The van der Waals surface area contributed by atoms with Crippen molar-refractivity contribution in [2.45, 2.75) is 20.4 Å². The van der Waals surface area contributed by atoms with Gasteiger partial charge in [-0.05, 0) is 78.4 Å². The second kappa shape index (κ2) is 10.0. The topological polar surface area (TPSA) is 39.7 Å². The highest BCUT2D eigenvalue weighted by Gasteiger charge is 2.12. The van der Waals surface area contributed by atoms with Crippen LogP contribution in [0.2, 0.25) is 0 Å². The second-order valence-corrected chi connectivity index (χ2v) is 6.30. The Hall–Kier alpha value is -2.07. The van der Waals surface area contributed by atoms with Crippen LogP contribution in [0.3, 0.4) is 0 Å². The third-order valence-electron chi connectivity index (χ3n) is 3.33. The monoisotopic (exact) mass is 451 g/mol. The Bertz CT molecular complexity index is 723. The van der Waals surface area contributed by atoms with E-state index in [0.29, 0.717) is 31.3 Å². The molecule has 4 nitrogen and oxygen atoms in total. The zero-order chi connectivity index (χ0) is 18.1. The van der Waals surface area contributed by atoms with E-state index >= 15 is 0 Å². The van der Waals surface area contributed by atoms with Gasteiger partial charge in [0.05, 0.1) is 16.8 Å². The molecule has 0 spiro atoms. The molecule has 0 heterocycles. The standard InChI is InChI=1S/C20H22INO3/c1-4-11-25-20-18(21)12-15(13-19(20)24-6-3)14-22-16-7-9-17(10-8-16)23-5-2/h1,7-10,12-13,22H,5-6,11,14H2,2-3H3. The number of anilines is 1. The average Bonchev–Trinajstić information content (AvgIpc) is 2.61. The van der Waals surface area contributed by atoms with Crippen LogP contribution in [0.5, 0.6) is 17.2 Å². The number of hydrogen-bond acceptors (Lipinski definition) is 4. The van der Waals surface area contributed by atoms with Crippen molar-refractivity contribution >= 4 is 28.3 Å². The van der Waals surface area contributed by atoms with E-state index in [1.807, 2.05) is 44.2 Å². The zero-order valence-electron chi connectivity index (χ0n) is 14.5. The summed E-state index contributed by atoms with van der Waals surface area (Å²) in [4.78, 5) is 0. The van der Waals surface area contributed by atoms with E-state index in [0.717, 1.165) is 20.6 Å². The van der Waals surface area contributed by atoms with Gasteiger partial charge in [0.2, 0.25) is 0 Å². The molecule has 0 saturated carbocycles. The molecule has 0 unspecified atom stereocenters. The van der Waals surface area contributed by atoms with Crippen molar-refractivity contribution in [3.63, 3.8) is 0 Å². The van der Waals surface area contributed by atoms with Crippen LogP contribution in [0.15, 0.2) is 36.4 Å². The van der Waals surface area contributed by atoms with Crippen molar-refractivity contribution < 1.29 is 14.2 Å². The lowest BCUT2D eigenvalue weighted by Gasteiger charge is -2.15. The average molecular weight is 451 g/mol. The van der Waals surface area contributed by atoms with Gasteiger partial charge in [0.15, 0.2) is 11.5 Å². The summed E-state index contributed by atoms with van der Waals surface area (Å²) in [5.74, 6) is 4.77. The highest BCUT2D eigenvalue weighted by Crippen LogP contribution is 2.34. The van der Waals surface area contributed by atoms with Gasteiger partial charge in [-0.1, -0.05) is 5.92 Å². The van der Waals surface area contributed by atoms with Gasteiger partial charge in [0.25, 0.3) is 0 Å². The summed E-state index contributed by atoms with van der Waals surface area (Å²) in [7, 11) is 0. The second-order valence-electron chi connectivity index (χ2n) is 5.14. The molecule has 0 aliphatic rings. The largest absolute Gasteiger partial charge is 0.494 e. The first-order valence-electron chi connectivity index (χ1n) is 8.16. The highest BCUT2D eigenvalue weighted by molar-refractivity contribution is 14.1. The minimum atomic E-state index is 0.222. The van der Waals surface area contributed by atoms with Gasteiger partial charge in [-0.3, -0.25) is 0 Å². The highest BCUT2D eigenvalue weighted by atomic mass is 127. The molecule has 0 saturated heterocycles. The molecule has 0 aliphatic carbocycles. The molecule has 2 rings (SSSR count). The van der Waals surface area contributed by atoms with E-state index in [-0.39, 0.29) is 6.61 Å². The van der Waals surface area contributed by atoms with Crippen molar-refractivity contribution in [3.05, 3.63) is 45.5 Å². The molecule has 132 valence electrons. The van der Waals surface area contributed by atoms with Gasteiger partial charge >= 0.3 is 0 Å². The molecule has 0 aromatic heterocycles. The molecule has 0 atom stereocenters. The number of benzene rings is 2. The smallest absolute Gasteiger partial charge is 0.175 e. The number of hydrogen-bond donors (Lipinski definition) is 1. The fraction of sp³-hybridized carbons (Fsp3) is 0.300. The Balaban J connectivity index is 2.09. The molecule has 25 heavy (non-hydrogen) atoms. The van der Waals surface area contributed by atoms with Gasteiger partial charge < -0.3 is 19.5 Å². The summed E-state index contributed by atoms with van der Waals surface area (Å²) in [5, 5.41) is 3.40. The van der Waals surface area contributed by atoms with Crippen LogP contribution in [0, 0.1) is 15.9 Å². The molecular weight excluding hydrogens is 429 g/mol. The first-order chi connectivity index (χ1) is 12.2. The van der Waals surface area contributed by atoms with E-state index in [2.05, 4.69) is 39.9 Å². The molecule has 0 aliphatic heterocycles. The van der Waals surface area contributed by atoms with Gasteiger partial charge in [0.1, 0.15) is 12.4 Å². The van der Waals surface area contributed by atoms with E-state index in [1.165, 1.54) is 0 Å². The number of terminal acetylenes is 1. The maximum Gasteiger partial charge on any atom is 0.175 e. The Morgan fingerprint density at radius 2 is 1.76 bits per heavy atom. The molecule has 0 radical (unpaired) electrons. The van der Waals surface area contributed by atoms with Gasteiger partial charge in [-0.2, -0.15) is 0 Å². The van der Waals surface area contributed by atoms with Crippen LogP contribution in [0.25, 0.3) is 0 Å². The molecule has 1 N–H and O–H groups in total. The number of rotatable bonds is 9. The first-order valence-corrected chi connectivity index (χ1v) is 9.24. The molecular formula is C20H22INO3. The predicted molar refractivity (Wildman–Crippen MR) is 110 cm³/mol. The molecule has 0 amide bonds. The van der Waals surface area contributed by atoms with Gasteiger partial charge in [-0.15, -0.1) is 6.42 Å². The van der Waals surface area contributed by atoms with Crippen molar-refractivity contribution in [2.75, 3.05) is 25.1 Å². The summed E-state index contributed by atoms with van der Waals surface area (Å²) in [6.45, 7) is 6.06. The van der Waals surface area contributed by atoms with Crippen LogP contribution >= 0.6 is 22.6 Å². The summed E-state index contributed by atoms with van der Waals surface area (Å²) in [5.41, 5.74) is 2.14. The summed E-state index contributed by atoms with van der Waals surface area (Å²) in [6.07, 6.45) is 5.28. The Morgan fingerprint density at radius 1 is 1.04 bits per heavy atom. The van der Waals surface area contributed by atoms with Gasteiger partial charge in [-0.25, -0.2) is 0 Å². The third-order valence-corrected chi connectivity index (χ3v) is 4.13. The summed E-state index contributed by atoms with van der Waals surface area (Å²) >= 11 is 2.24. The zero-order valence-corrected chi connectivity index (χ0v) is 16.6. The van der Waals surface area contributed by atoms with Crippen molar-refractivity contribution in [1.82, 2.24) is 0 Å². The van der Waals surface area contributed by atoms with Crippen LogP contribution < -0.4 is 19.5 Å². The Morgan fingerprint density at radius 3 is 2.40 bits per heavy atom. The van der Waals surface area contributed by atoms with Crippen LogP contribution in [0.4, 0.5) is 5.69 Å². The molecule has 2 aromatic carbocycles. The molecule has 0 fully saturated rings. The normalized spacial score (nSPS) is 10.0. The molecule has 0 bridgehead atoms. The Labute approximate surface area is 163 Å². The van der Waals surface area contributed by atoms with Crippen LogP contribution in [0.1, 0.15) is 19.4 Å². The fourth-order valence-electron chi connectivity index (χ4n) is 2.28. The maximum absolute atomic E-state index is 5.71. The van der Waals surface area contributed by atoms with E-state index in [1.54, 1.807) is 0 Å². The van der Waals surface area contributed by atoms with Crippen molar-refractivity contribution in [3.8, 4) is 29.6 Å². The third kappa shape index (κ3) is 5.75. The minimum absolute atomic E-state index is 0.222. The summed E-state index contributed by atoms with van der Waals surface area (Å²) < 4.78 is 17.8. The lowest BCUT2D eigenvalue weighted by atomic mass is 10.2. The van der Waals surface area contributed by atoms with E-state index < -0.39 is 0 Å². The quantitative estimate of drug-likeness (QED) is 0.443. The summed E-state index contributed by atoms with van der Waals surface area (Å²) in [6, 6.07) is 12.0. The van der Waals surface area contributed by atoms with Gasteiger partial charge in [0, 0.05) is 12.2 Å². The minimum Gasteiger partial charge on any atom is -0.494 e. The Kier molecular flexibility index (Phi) is 7.74. The molecule has 5 heteroatoms. The first kappa shape index (κ1) is 19.3.